The summed E-state index contributed by atoms with van der Waals surface area (Å²) in [5.74, 6) is 0.340. The minimum atomic E-state index is -0.00248. The quantitative estimate of drug-likeness (QED) is 0.358. The number of thioether (sulfide) groups is 1. The van der Waals surface area contributed by atoms with Gasteiger partial charge in [-0.1, -0.05) is 60.7 Å². The van der Waals surface area contributed by atoms with E-state index in [1.807, 2.05) is 50.2 Å². The molecule has 0 spiro atoms. The molecule has 0 unspecified atom stereocenters. The first kappa shape index (κ1) is 19.3. The fraction of sp³-hybridized carbons (Fsp3) is 0.167. The number of nitrogens with one attached hydrogen (secondary N) is 2. The number of hydrogen-bond donors (Lipinski definition) is 2. The molecule has 1 amide bonds. The molecule has 4 nitrogen and oxygen atoms in total. The van der Waals surface area contributed by atoms with Crippen molar-refractivity contribution in [1.29, 1.82) is 0 Å². The number of hydrogen-bond acceptors (Lipinski definition) is 2. The third-order valence-corrected chi connectivity index (χ3v) is 5.95. The van der Waals surface area contributed by atoms with Gasteiger partial charge < -0.3 is 5.32 Å². The Labute approximate surface area is 175 Å². The Kier molecular flexibility index (Phi) is 5.67. The third-order valence-electron chi connectivity index (χ3n) is 4.95. The zero-order valence-electron chi connectivity index (χ0n) is 16.6. The largest absolute Gasteiger partial charge is 0.325 e. The molecule has 4 aromatic rings. The number of imidazole rings is 1. The first-order valence-corrected chi connectivity index (χ1v) is 10.6. The summed E-state index contributed by atoms with van der Waals surface area (Å²) in [6, 6.07) is 24.6. The Hall–Kier alpha value is -3.05. The molecule has 0 aliphatic heterocycles. The van der Waals surface area contributed by atoms with Crippen LogP contribution in [0.3, 0.4) is 0 Å². The van der Waals surface area contributed by atoms with Crippen LogP contribution in [0.5, 0.6) is 0 Å². The van der Waals surface area contributed by atoms with Crippen LogP contribution in [0.2, 0.25) is 0 Å². The van der Waals surface area contributed by atoms with Crippen molar-refractivity contribution in [3.63, 3.8) is 0 Å². The maximum atomic E-state index is 12.6. The molecule has 0 aliphatic rings. The van der Waals surface area contributed by atoms with E-state index in [4.69, 9.17) is 0 Å². The van der Waals surface area contributed by atoms with Gasteiger partial charge in [-0.25, -0.2) is 9.55 Å². The number of aromatic nitrogens is 2. The molecular formula is C24H24N3OS+. The molecule has 0 saturated carbocycles. The minimum absolute atomic E-state index is 0.00248. The Morgan fingerprint density at radius 2 is 1.62 bits per heavy atom. The molecular weight excluding hydrogens is 378 g/mol. The van der Waals surface area contributed by atoms with E-state index in [1.54, 1.807) is 0 Å². The monoisotopic (exact) mass is 402 g/mol. The van der Waals surface area contributed by atoms with Gasteiger partial charge in [-0.05, 0) is 54.4 Å². The maximum absolute atomic E-state index is 12.6. The van der Waals surface area contributed by atoms with Crippen LogP contribution in [0.1, 0.15) is 16.7 Å². The van der Waals surface area contributed by atoms with Crippen LogP contribution in [0.25, 0.3) is 11.0 Å². The molecule has 0 bridgehead atoms. The molecule has 0 aliphatic carbocycles. The highest BCUT2D eigenvalue weighted by Crippen LogP contribution is 2.22. The molecule has 3 aromatic carbocycles. The van der Waals surface area contributed by atoms with Gasteiger partial charge in [0, 0.05) is 5.69 Å². The van der Waals surface area contributed by atoms with Crippen LogP contribution in [0.4, 0.5) is 5.69 Å². The van der Waals surface area contributed by atoms with E-state index in [-0.39, 0.29) is 5.91 Å². The van der Waals surface area contributed by atoms with E-state index in [0.29, 0.717) is 5.75 Å². The van der Waals surface area contributed by atoms with Crippen molar-refractivity contribution in [2.45, 2.75) is 25.5 Å². The SMILES string of the molecule is Cc1cccc(C)c1NC(=O)CSc1[nH]c2ccccc2[n+]1Cc1ccccc1. The molecule has 2 N–H and O–H groups in total. The lowest BCUT2D eigenvalue weighted by Crippen LogP contribution is -2.35. The van der Waals surface area contributed by atoms with Crippen LogP contribution < -0.4 is 9.88 Å². The summed E-state index contributed by atoms with van der Waals surface area (Å²) in [6.07, 6.45) is 0. The zero-order chi connectivity index (χ0) is 20.2. The lowest BCUT2D eigenvalue weighted by Gasteiger charge is -2.10. The van der Waals surface area contributed by atoms with E-state index in [2.05, 4.69) is 51.3 Å². The number of benzene rings is 3. The van der Waals surface area contributed by atoms with E-state index >= 15 is 0 Å². The van der Waals surface area contributed by atoms with Crippen molar-refractivity contribution in [2.24, 2.45) is 0 Å². The Balaban J connectivity index is 1.54. The summed E-state index contributed by atoms with van der Waals surface area (Å²) in [7, 11) is 0. The van der Waals surface area contributed by atoms with Gasteiger partial charge in [0.2, 0.25) is 5.91 Å². The van der Waals surface area contributed by atoms with Crippen LogP contribution in [0.15, 0.2) is 78.0 Å². The molecule has 0 atom stereocenters. The third kappa shape index (κ3) is 4.35. The number of nitrogens with zero attached hydrogens (tertiary/aromatic N) is 1. The van der Waals surface area contributed by atoms with Crippen LogP contribution in [-0.2, 0) is 11.3 Å². The number of aromatic amines is 1. The van der Waals surface area contributed by atoms with Crippen molar-refractivity contribution < 1.29 is 9.36 Å². The van der Waals surface area contributed by atoms with Crippen molar-refractivity contribution in [3.8, 4) is 0 Å². The molecule has 1 heterocycles. The second kappa shape index (κ2) is 8.53. The number of anilines is 1. The molecule has 0 radical (unpaired) electrons. The average molecular weight is 403 g/mol. The predicted molar refractivity (Wildman–Crippen MR) is 119 cm³/mol. The van der Waals surface area contributed by atoms with Crippen molar-refractivity contribution in [1.82, 2.24) is 4.98 Å². The fourth-order valence-corrected chi connectivity index (χ4v) is 4.31. The molecule has 0 saturated heterocycles. The normalized spacial score (nSPS) is 11.0. The highest BCUT2D eigenvalue weighted by Gasteiger charge is 2.20. The smallest absolute Gasteiger partial charge is 0.317 e. The predicted octanol–water partition coefficient (Wildman–Crippen LogP) is 4.85. The number of carbonyl (C=O) groups is 1. The van der Waals surface area contributed by atoms with Crippen molar-refractivity contribution in [3.05, 3.63) is 89.5 Å². The summed E-state index contributed by atoms with van der Waals surface area (Å²) < 4.78 is 2.24. The van der Waals surface area contributed by atoms with Gasteiger partial charge >= 0.3 is 5.16 Å². The van der Waals surface area contributed by atoms with Crippen LogP contribution >= 0.6 is 11.8 Å². The van der Waals surface area contributed by atoms with Gasteiger partial charge in [0.05, 0.1) is 5.75 Å². The first-order chi connectivity index (χ1) is 14.1. The number of H-pyrrole nitrogens is 1. The number of carbonyl (C=O) groups excluding carboxylic acids is 1. The summed E-state index contributed by atoms with van der Waals surface area (Å²) in [5.41, 5.74) is 6.49. The summed E-state index contributed by atoms with van der Waals surface area (Å²) in [4.78, 5) is 16.1. The second-order valence-corrected chi connectivity index (χ2v) is 8.09. The number of rotatable bonds is 6. The lowest BCUT2D eigenvalue weighted by molar-refractivity contribution is -0.700. The highest BCUT2D eigenvalue weighted by molar-refractivity contribution is 7.99. The van der Waals surface area contributed by atoms with Crippen molar-refractivity contribution >= 4 is 34.4 Å². The van der Waals surface area contributed by atoms with E-state index in [9.17, 15) is 4.79 Å². The van der Waals surface area contributed by atoms with E-state index in [1.165, 1.54) is 17.3 Å². The molecule has 0 fully saturated rings. The van der Waals surface area contributed by atoms with Crippen LogP contribution in [0, 0.1) is 13.8 Å². The Morgan fingerprint density at radius 3 is 2.38 bits per heavy atom. The summed E-state index contributed by atoms with van der Waals surface area (Å²) in [5, 5.41) is 4.05. The molecule has 146 valence electrons. The highest BCUT2D eigenvalue weighted by atomic mass is 32.2. The van der Waals surface area contributed by atoms with Gasteiger partial charge in [0.15, 0.2) is 11.0 Å². The van der Waals surface area contributed by atoms with Gasteiger partial charge in [-0.15, -0.1) is 0 Å². The first-order valence-electron chi connectivity index (χ1n) is 9.65. The topological polar surface area (TPSA) is 48.8 Å². The minimum Gasteiger partial charge on any atom is -0.325 e. The van der Waals surface area contributed by atoms with Crippen molar-refractivity contribution in [2.75, 3.05) is 11.1 Å². The number of para-hydroxylation sites is 3. The maximum Gasteiger partial charge on any atom is 0.317 e. The average Bonchev–Trinajstić information content (AvgIpc) is 3.08. The number of aryl methyl sites for hydroxylation is 2. The van der Waals surface area contributed by atoms with Gasteiger partial charge in [0.1, 0.15) is 6.54 Å². The van der Waals surface area contributed by atoms with E-state index in [0.717, 1.165) is 39.5 Å². The van der Waals surface area contributed by atoms with Crippen LogP contribution in [-0.4, -0.2) is 16.6 Å². The Morgan fingerprint density at radius 1 is 0.931 bits per heavy atom. The second-order valence-electron chi connectivity index (χ2n) is 7.12. The standard InChI is InChI=1S/C24H23N3OS/c1-17-9-8-10-18(2)23(17)26-22(28)16-29-24-25-20-13-6-7-14-21(20)27(24)15-19-11-4-3-5-12-19/h3-14H,15-16H2,1-2H3,(H,26,28)/p+1. The summed E-state index contributed by atoms with van der Waals surface area (Å²) in [6.45, 7) is 4.79. The fourth-order valence-electron chi connectivity index (χ4n) is 3.46. The zero-order valence-corrected chi connectivity index (χ0v) is 17.4. The lowest BCUT2D eigenvalue weighted by atomic mass is 10.1. The Bertz CT molecular complexity index is 1130. The van der Waals surface area contributed by atoms with Gasteiger partial charge in [0.25, 0.3) is 0 Å². The van der Waals surface area contributed by atoms with Gasteiger partial charge in [-0.2, -0.15) is 0 Å². The van der Waals surface area contributed by atoms with E-state index < -0.39 is 0 Å². The molecule has 1 aromatic heterocycles. The number of amides is 1. The number of fused-ring (bicyclic) bond motifs is 1. The van der Waals surface area contributed by atoms with Gasteiger partial charge in [-0.3, -0.25) is 4.79 Å². The molecule has 5 heteroatoms. The molecule has 29 heavy (non-hydrogen) atoms. The molecule has 4 rings (SSSR count). The summed E-state index contributed by atoms with van der Waals surface area (Å²) >= 11 is 1.53.